The molecule has 0 saturated carbocycles. The van der Waals surface area contributed by atoms with Crippen molar-refractivity contribution in [2.24, 2.45) is 4.99 Å². The van der Waals surface area contributed by atoms with Crippen LogP contribution in [-0.4, -0.2) is 82.6 Å². The Kier molecular flexibility index (Phi) is 13.5. The lowest BCUT2D eigenvalue weighted by atomic mass is 10.1. The first-order valence-corrected chi connectivity index (χ1v) is 22.4. The molecule has 3 aliphatic heterocycles. The number of aliphatic imine (C=N–C) groups is 1. The molecule has 0 radical (unpaired) electrons. The smallest absolute Gasteiger partial charge is 0.351 e. The van der Waals surface area contributed by atoms with Crippen molar-refractivity contribution in [2.45, 2.75) is 82.5 Å². The van der Waals surface area contributed by atoms with Crippen molar-refractivity contribution < 1.29 is 33.0 Å². The van der Waals surface area contributed by atoms with Gasteiger partial charge in [-0.1, -0.05) is 106 Å². The van der Waals surface area contributed by atoms with Crippen molar-refractivity contribution in [3.05, 3.63) is 119 Å². The standard InChI is InChI=1S/C32H36N3O8PSi.C9H16N2/c1-31(2,3)45(24-15-9-5-10-16-24,25-17-11-6-12-18-25)41-22-26-32(38,43-44(39)40)21-28(42-26)35-20-19-27(34-30(35)37)33-29(36)23-13-7-4-8-14-23;1-2-5-9-10-6-4-8-11(9)7-3-1/h4-20,26,28,38,44H,21-22H2,1-3H3,(H,39,40)(H,33,34,36,37);1-8H2/t26-,28-,32+;/m1./s1. The number of rotatable bonds is 10. The summed E-state index contributed by atoms with van der Waals surface area (Å²) in [4.78, 5) is 46.3. The van der Waals surface area contributed by atoms with Gasteiger partial charge in [0, 0.05) is 37.8 Å². The summed E-state index contributed by atoms with van der Waals surface area (Å²) in [5.74, 6) is -1.26. The fraction of sp³-hybridized carbons (Fsp3) is 0.415. The summed E-state index contributed by atoms with van der Waals surface area (Å²) >= 11 is 0. The van der Waals surface area contributed by atoms with Crippen LogP contribution in [0.25, 0.3) is 0 Å². The molecule has 3 N–H and O–H groups in total. The highest BCUT2D eigenvalue weighted by molar-refractivity contribution is 7.32. The van der Waals surface area contributed by atoms with Crippen LogP contribution in [0.2, 0.25) is 5.04 Å². The maximum atomic E-state index is 13.1. The lowest BCUT2D eigenvalue weighted by Crippen LogP contribution is -2.67. The van der Waals surface area contributed by atoms with Crippen molar-refractivity contribution in [1.82, 2.24) is 14.5 Å². The number of benzene rings is 3. The van der Waals surface area contributed by atoms with Gasteiger partial charge in [0.25, 0.3) is 14.2 Å². The molecule has 2 saturated heterocycles. The van der Waals surface area contributed by atoms with Crippen molar-refractivity contribution >= 4 is 44.5 Å². The van der Waals surface area contributed by atoms with E-state index < -0.39 is 51.3 Å². The van der Waals surface area contributed by atoms with E-state index in [9.17, 15) is 24.2 Å². The maximum absolute atomic E-state index is 13.1. The summed E-state index contributed by atoms with van der Waals surface area (Å²) in [5.41, 5.74) is -0.369. The first kappa shape index (κ1) is 41.4. The zero-order chi connectivity index (χ0) is 39.8. The van der Waals surface area contributed by atoms with Crippen LogP contribution in [-0.2, 0) is 18.3 Å². The molecule has 298 valence electrons. The Hall–Kier alpha value is -4.27. The molecule has 3 aromatic carbocycles. The largest absolute Gasteiger partial charge is 0.405 e. The lowest BCUT2D eigenvalue weighted by molar-refractivity contribution is -0.183. The Morgan fingerprint density at radius 1 is 0.946 bits per heavy atom. The van der Waals surface area contributed by atoms with Crippen molar-refractivity contribution in [2.75, 3.05) is 31.6 Å². The monoisotopic (exact) mass is 801 g/mol. The molecule has 4 atom stereocenters. The first-order valence-electron chi connectivity index (χ1n) is 19.2. The molecule has 3 aliphatic rings. The van der Waals surface area contributed by atoms with Crippen molar-refractivity contribution in [3.8, 4) is 0 Å². The normalized spacial score (nSPS) is 21.8. The summed E-state index contributed by atoms with van der Waals surface area (Å²) in [6, 6.07) is 29.6. The Morgan fingerprint density at radius 2 is 1.57 bits per heavy atom. The highest BCUT2D eigenvalue weighted by Gasteiger charge is 2.55. The summed E-state index contributed by atoms with van der Waals surface area (Å²) in [7, 11) is -6.71. The number of nitrogens with one attached hydrogen (secondary N) is 1. The van der Waals surface area contributed by atoms with Gasteiger partial charge in [-0.15, -0.1) is 0 Å². The SMILES string of the molecule is C1CCC2=NCCCN2CC1.CC(C)(C)[Si](OC[C@H]1O[C@@H](n2ccc(NC(=O)c3ccccc3)nc2=O)C[C@]1(O)O[PH](=O)O)(c1ccccc1)c1ccccc1. The number of carbonyl (C=O) groups is 1. The van der Waals surface area contributed by atoms with E-state index in [0.29, 0.717) is 5.56 Å². The van der Waals surface area contributed by atoms with Gasteiger partial charge in [0.15, 0.2) is 0 Å². The second-order valence-corrected chi connectivity index (χ2v) is 20.3. The minimum Gasteiger partial charge on any atom is -0.405 e. The van der Waals surface area contributed by atoms with E-state index >= 15 is 0 Å². The van der Waals surface area contributed by atoms with Crippen LogP contribution in [0.15, 0.2) is 113 Å². The second kappa shape index (κ2) is 18.3. The zero-order valence-electron chi connectivity index (χ0n) is 32.2. The van der Waals surface area contributed by atoms with Crippen molar-refractivity contribution in [1.29, 1.82) is 0 Å². The number of hydrogen-bond acceptors (Lipinski definition) is 10. The fourth-order valence-electron chi connectivity index (χ4n) is 7.70. The van der Waals surface area contributed by atoms with Crippen LogP contribution in [0, 0.1) is 0 Å². The third kappa shape index (κ3) is 9.63. The molecule has 0 bridgehead atoms. The maximum Gasteiger partial charge on any atom is 0.351 e. The van der Waals surface area contributed by atoms with Crippen LogP contribution in [0.4, 0.5) is 5.82 Å². The molecular weight excluding hydrogens is 750 g/mol. The molecule has 56 heavy (non-hydrogen) atoms. The van der Waals surface area contributed by atoms with Gasteiger partial charge in [-0.3, -0.25) is 23.4 Å². The van der Waals surface area contributed by atoms with Gasteiger partial charge in [0.1, 0.15) is 18.1 Å². The van der Waals surface area contributed by atoms with Gasteiger partial charge in [-0.05, 0) is 52.9 Å². The topological polar surface area (TPSA) is 165 Å². The summed E-state index contributed by atoms with van der Waals surface area (Å²) < 4.78 is 31.2. The third-order valence-electron chi connectivity index (χ3n) is 10.4. The number of amidine groups is 1. The quantitative estimate of drug-likeness (QED) is 0.112. The Balaban J connectivity index is 0.000000411. The molecule has 15 heteroatoms. The zero-order valence-corrected chi connectivity index (χ0v) is 34.2. The van der Waals surface area contributed by atoms with E-state index in [2.05, 4.69) is 41.0 Å². The second-order valence-electron chi connectivity index (χ2n) is 15.2. The molecule has 13 nitrogen and oxygen atoms in total. The highest BCUT2D eigenvalue weighted by Crippen LogP contribution is 2.43. The highest BCUT2D eigenvalue weighted by atomic mass is 31.1. The van der Waals surface area contributed by atoms with Crippen molar-refractivity contribution in [3.63, 3.8) is 0 Å². The van der Waals surface area contributed by atoms with E-state index in [0.717, 1.165) is 21.5 Å². The number of nitrogens with zero attached hydrogens (tertiary/aromatic N) is 4. The Labute approximate surface area is 329 Å². The van der Waals surface area contributed by atoms with Gasteiger partial charge in [0.05, 0.1) is 18.9 Å². The lowest BCUT2D eigenvalue weighted by Gasteiger charge is -2.44. The van der Waals surface area contributed by atoms with Gasteiger partial charge in [-0.25, -0.2) is 4.79 Å². The molecule has 1 unspecified atom stereocenters. The third-order valence-corrected chi connectivity index (χ3v) is 15.9. The van der Waals surface area contributed by atoms with Crippen LogP contribution in [0.1, 0.15) is 75.9 Å². The molecule has 1 aromatic heterocycles. The average Bonchev–Trinajstić information content (AvgIpc) is 3.33. The molecule has 0 aliphatic carbocycles. The number of aliphatic hydroxyl groups is 1. The number of carbonyl (C=O) groups excluding carboxylic acids is 1. The molecule has 0 spiro atoms. The molecule has 1 amide bonds. The van der Waals surface area contributed by atoms with Crippen LogP contribution in [0.3, 0.4) is 0 Å². The number of aromatic nitrogens is 2. The van der Waals surface area contributed by atoms with Gasteiger partial charge in [0.2, 0.25) is 5.79 Å². The number of amides is 1. The van der Waals surface area contributed by atoms with E-state index in [1.165, 1.54) is 63.3 Å². The van der Waals surface area contributed by atoms with Gasteiger partial charge < -0.3 is 29.4 Å². The Bertz CT molecular complexity index is 1990. The first-order chi connectivity index (χ1) is 26.9. The predicted molar refractivity (Wildman–Crippen MR) is 219 cm³/mol. The van der Waals surface area contributed by atoms with Gasteiger partial charge >= 0.3 is 13.9 Å². The molecule has 4 aromatic rings. The van der Waals surface area contributed by atoms with E-state index in [-0.39, 0.29) is 18.8 Å². The van der Waals surface area contributed by atoms with E-state index in [1.807, 2.05) is 60.7 Å². The van der Waals surface area contributed by atoms with E-state index in [4.69, 9.17) is 13.7 Å². The molecule has 7 rings (SSSR count). The van der Waals surface area contributed by atoms with Crippen LogP contribution < -0.4 is 21.4 Å². The number of fused-ring (bicyclic) bond motifs is 1. The summed E-state index contributed by atoms with van der Waals surface area (Å²) in [6.07, 6.45) is 5.30. The number of hydrogen-bond donors (Lipinski definition) is 3. The van der Waals surface area contributed by atoms with Gasteiger partial charge in [-0.2, -0.15) is 4.98 Å². The summed E-state index contributed by atoms with van der Waals surface area (Å²) in [6.45, 7) is 9.68. The number of ether oxygens (including phenoxy) is 1. The molecule has 4 heterocycles. The average molecular weight is 802 g/mol. The summed E-state index contributed by atoms with van der Waals surface area (Å²) in [5, 5.41) is 15.7. The molecule has 2 fully saturated rings. The minimum absolute atomic E-state index is 0.0293. The number of anilines is 1. The Morgan fingerprint density at radius 3 is 2.18 bits per heavy atom. The van der Waals surface area contributed by atoms with Crippen LogP contribution in [0.5, 0.6) is 0 Å². The van der Waals surface area contributed by atoms with Crippen LogP contribution >= 0.6 is 8.25 Å². The predicted octanol–water partition coefficient (Wildman–Crippen LogP) is 5.11. The van der Waals surface area contributed by atoms with E-state index in [1.54, 1.807) is 30.3 Å². The molecular formula is C41H52N5O8PSi. The fourth-order valence-corrected chi connectivity index (χ4v) is 12.8. The minimum atomic E-state index is -3.63.